The van der Waals surface area contributed by atoms with E-state index in [1.165, 1.54) is 11.1 Å². The molecule has 1 rings (SSSR count). The van der Waals surface area contributed by atoms with E-state index in [0.717, 1.165) is 19.4 Å². The zero-order valence-corrected chi connectivity index (χ0v) is 10.5. The summed E-state index contributed by atoms with van der Waals surface area (Å²) in [4.78, 5) is 2.17. The average Bonchev–Trinajstić information content (AvgIpc) is 2.30. The van der Waals surface area contributed by atoms with Crippen LogP contribution in [-0.2, 0) is 6.42 Å². The van der Waals surface area contributed by atoms with E-state index in [4.69, 9.17) is 5.84 Å². The Labute approximate surface area is 98.6 Å². The Kier molecular flexibility index (Phi) is 5.46. The van der Waals surface area contributed by atoms with Gasteiger partial charge in [-0.05, 0) is 44.6 Å². The molecule has 1 atom stereocenters. The van der Waals surface area contributed by atoms with Crippen LogP contribution >= 0.6 is 0 Å². The van der Waals surface area contributed by atoms with Gasteiger partial charge in [-0.15, -0.1) is 0 Å². The molecule has 0 saturated heterocycles. The maximum atomic E-state index is 5.59. The summed E-state index contributed by atoms with van der Waals surface area (Å²) in [5, 5.41) is 0. The summed E-state index contributed by atoms with van der Waals surface area (Å²) in [7, 11) is 4.15. The molecule has 0 radical (unpaired) electrons. The third kappa shape index (κ3) is 3.93. The molecule has 1 aromatic rings. The lowest BCUT2D eigenvalue weighted by Gasteiger charge is -2.19. The minimum absolute atomic E-state index is 0.244. The molecule has 0 bridgehead atoms. The molecule has 90 valence electrons. The summed E-state index contributed by atoms with van der Waals surface area (Å²) in [6.45, 7) is 3.20. The van der Waals surface area contributed by atoms with Crippen LogP contribution in [0.5, 0.6) is 0 Å². The molecule has 3 nitrogen and oxygen atoms in total. The van der Waals surface area contributed by atoms with Gasteiger partial charge in [0.2, 0.25) is 0 Å². The lowest BCUT2D eigenvalue weighted by Crippen LogP contribution is -2.30. The lowest BCUT2D eigenvalue weighted by molar-refractivity contribution is 0.363. The molecule has 0 aliphatic carbocycles. The molecule has 0 spiro atoms. The zero-order chi connectivity index (χ0) is 12.0. The van der Waals surface area contributed by atoms with E-state index >= 15 is 0 Å². The number of hydrogen-bond donors (Lipinski definition) is 2. The Morgan fingerprint density at radius 3 is 2.31 bits per heavy atom. The van der Waals surface area contributed by atoms with Gasteiger partial charge < -0.3 is 4.90 Å². The topological polar surface area (TPSA) is 41.3 Å². The van der Waals surface area contributed by atoms with Crippen LogP contribution in [0, 0.1) is 0 Å². The van der Waals surface area contributed by atoms with E-state index in [-0.39, 0.29) is 6.04 Å². The third-order valence-electron chi connectivity index (χ3n) is 2.86. The van der Waals surface area contributed by atoms with Crippen LogP contribution in [0.15, 0.2) is 24.3 Å². The predicted octanol–water partition coefficient (Wildman–Crippen LogP) is 1.71. The van der Waals surface area contributed by atoms with E-state index < -0.39 is 0 Å². The fourth-order valence-electron chi connectivity index (χ4n) is 1.72. The molecule has 0 aromatic heterocycles. The van der Waals surface area contributed by atoms with Gasteiger partial charge in [-0.2, -0.15) is 0 Å². The minimum atomic E-state index is 0.244. The second-order valence-corrected chi connectivity index (χ2v) is 4.41. The van der Waals surface area contributed by atoms with Crippen molar-refractivity contribution in [3.63, 3.8) is 0 Å². The summed E-state index contributed by atoms with van der Waals surface area (Å²) >= 11 is 0. The van der Waals surface area contributed by atoms with Crippen LogP contribution in [0.1, 0.15) is 30.5 Å². The number of hydrogen-bond acceptors (Lipinski definition) is 3. The SMILES string of the molecule is CCc1ccc(C(CCN(C)C)NN)cc1. The Hall–Kier alpha value is -0.900. The normalized spacial score (nSPS) is 13.1. The van der Waals surface area contributed by atoms with E-state index in [1.807, 2.05) is 0 Å². The van der Waals surface area contributed by atoms with E-state index in [2.05, 4.69) is 55.6 Å². The number of nitrogens with one attached hydrogen (secondary N) is 1. The number of aryl methyl sites for hydroxylation is 1. The standard InChI is InChI=1S/C13H23N3/c1-4-11-5-7-12(8-6-11)13(15-14)9-10-16(2)3/h5-8,13,15H,4,9-10,14H2,1-3H3. The molecule has 16 heavy (non-hydrogen) atoms. The quantitative estimate of drug-likeness (QED) is 0.567. The summed E-state index contributed by atoms with van der Waals surface area (Å²) in [6, 6.07) is 8.93. The van der Waals surface area contributed by atoms with Gasteiger partial charge in [0.1, 0.15) is 0 Å². The van der Waals surface area contributed by atoms with Crippen molar-refractivity contribution in [2.45, 2.75) is 25.8 Å². The van der Waals surface area contributed by atoms with Crippen LogP contribution in [0.25, 0.3) is 0 Å². The monoisotopic (exact) mass is 221 g/mol. The minimum Gasteiger partial charge on any atom is -0.309 e. The van der Waals surface area contributed by atoms with Crippen LogP contribution in [0.3, 0.4) is 0 Å². The van der Waals surface area contributed by atoms with Gasteiger partial charge in [0.05, 0.1) is 0 Å². The van der Waals surface area contributed by atoms with Crippen molar-refractivity contribution >= 4 is 0 Å². The smallest absolute Gasteiger partial charge is 0.0472 e. The second kappa shape index (κ2) is 6.63. The molecule has 3 heteroatoms. The summed E-state index contributed by atoms with van der Waals surface area (Å²) in [5.41, 5.74) is 5.52. The van der Waals surface area contributed by atoms with Gasteiger partial charge in [-0.1, -0.05) is 31.2 Å². The number of hydrazine groups is 1. The van der Waals surface area contributed by atoms with Gasteiger partial charge in [0.15, 0.2) is 0 Å². The Morgan fingerprint density at radius 1 is 1.25 bits per heavy atom. The number of rotatable bonds is 6. The van der Waals surface area contributed by atoms with Crippen molar-refractivity contribution in [3.05, 3.63) is 35.4 Å². The Morgan fingerprint density at radius 2 is 1.88 bits per heavy atom. The lowest BCUT2D eigenvalue weighted by atomic mass is 10.0. The van der Waals surface area contributed by atoms with Crippen molar-refractivity contribution in [3.8, 4) is 0 Å². The first-order valence-corrected chi connectivity index (χ1v) is 5.87. The number of nitrogens with zero attached hydrogens (tertiary/aromatic N) is 1. The fraction of sp³-hybridized carbons (Fsp3) is 0.538. The zero-order valence-electron chi connectivity index (χ0n) is 10.5. The molecular formula is C13H23N3. The number of nitrogens with two attached hydrogens (primary N) is 1. The van der Waals surface area contributed by atoms with Gasteiger partial charge in [0.25, 0.3) is 0 Å². The van der Waals surface area contributed by atoms with Crippen molar-refractivity contribution < 1.29 is 0 Å². The highest BCUT2D eigenvalue weighted by Crippen LogP contribution is 2.17. The summed E-state index contributed by atoms with van der Waals surface area (Å²) < 4.78 is 0. The van der Waals surface area contributed by atoms with Gasteiger partial charge in [0, 0.05) is 6.04 Å². The fourth-order valence-corrected chi connectivity index (χ4v) is 1.72. The summed E-state index contributed by atoms with van der Waals surface area (Å²) in [6.07, 6.45) is 2.10. The molecule has 0 aliphatic heterocycles. The van der Waals surface area contributed by atoms with Crippen LogP contribution < -0.4 is 11.3 Å². The number of benzene rings is 1. The highest BCUT2D eigenvalue weighted by atomic mass is 15.2. The van der Waals surface area contributed by atoms with Crippen molar-refractivity contribution in [1.29, 1.82) is 0 Å². The maximum absolute atomic E-state index is 5.59. The highest BCUT2D eigenvalue weighted by molar-refractivity contribution is 5.24. The summed E-state index contributed by atoms with van der Waals surface area (Å²) in [5.74, 6) is 5.59. The predicted molar refractivity (Wildman–Crippen MR) is 69.1 cm³/mol. The van der Waals surface area contributed by atoms with Crippen molar-refractivity contribution in [1.82, 2.24) is 10.3 Å². The largest absolute Gasteiger partial charge is 0.309 e. The first-order chi connectivity index (χ1) is 7.67. The van der Waals surface area contributed by atoms with Crippen LogP contribution in [-0.4, -0.2) is 25.5 Å². The molecule has 0 aliphatic rings. The molecule has 0 saturated carbocycles. The second-order valence-electron chi connectivity index (χ2n) is 4.41. The van der Waals surface area contributed by atoms with Gasteiger partial charge >= 0.3 is 0 Å². The molecule has 0 heterocycles. The Bertz CT molecular complexity index is 293. The molecule has 0 amide bonds. The molecule has 0 fully saturated rings. The van der Waals surface area contributed by atoms with Gasteiger partial charge in [-0.3, -0.25) is 11.3 Å². The van der Waals surface area contributed by atoms with Crippen LogP contribution in [0.4, 0.5) is 0 Å². The first-order valence-electron chi connectivity index (χ1n) is 5.87. The van der Waals surface area contributed by atoms with E-state index in [1.54, 1.807) is 0 Å². The first kappa shape index (κ1) is 13.2. The van der Waals surface area contributed by atoms with Crippen molar-refractivity contribution in [2.24, 2.45) is 5.84 Å². The molecule has 1 aromatic carbocycles. The van der Waals surface area contributed by atoms with Crippen LogP contribution in [0.2, 0.25) is 0 Å². The molecule has 1 unspecified atom stereocenters. The van der Waals surface area contributed by atoms with Crippen molar-refractivity contribution in [2.75, 3.05) is 20.6 Å². The van der Waals surface area contributed by atoms with E-state index in [9.17, 15) is 0 Å². The highest BCUT2D eigenvalue weighted by Gasteiger charge is 2.09. The Balaban J connectivity index is 2.63. The molecular weight excluding hydrogens is 198 g/mol. The third-order valence-corrected chi connectivity index (χ3v) is 2.86. The average molecular weight is 221 g/mol. The van der Waals surface area contributed by atoms with Gasteiger partial charge in [-0.25, -0.2) is 0 Å². The molecule has 3 N–H and O–H groups in total. The maximum Gasteiger partial charge on any atom is 0.0472 e. The van der Waals surface area contributed by atoms with E-state index in [0.29, 0.717) is 0 Å².